The number of anilines is 2. The summed E-state index contributed by atoms with van der Waals surface area (Å²) in [5, 5.41) is 7.27. The second kappa shape index (κ2) is 12.5. The molecular weight excluding hydrogens is 553 g/mol. The largest absolute Gasteiger partial charge is 0.469 e. The Kier molecular flexibility index (Phi) is 9.04. The number of carbonyl (C=O) groups excluding carboxylic acids is 2. The topological polar surface area (TPSA) is 111 Å². The highest BCUT2D eigenvalue weighted by molar-refractivity contribution is 5.73. The predicted octanol–water partition coefficient (Wildman–Crippen LogP) is 5.12. The molecule has 0 aliphatic carbocycles. The van der Waals surface area contributed by atoms with E-state index < -0.39 is 29.0 Å². The lowest BCUT2D eigenvalue weighted by atomic mass is 10.0. The number of halogens is 3. The first-order valence-corrected chi connectivity index (χ1v) is 13.2. The van der Waals surface area contributed by atoms with Crippen molar-refractivity contribution in [2.24, 2.45) is 0 Å². The predicted molar refractivity (Wildman–Crippen MR) is 147 cm³/mol. The molecule has 0 spiro atoms. The number of methoxy groups -OCH3 is 1. The Balaban J connectivity index is 1.49. The number of ether oxygens (including phenoxy) is 2. The molecule has 0 unspecified atom stereocenters. The first-order chi connectivity index (χ1) is 19.8. The number of likely N-dealkylation sites (tertiary alicyclic amines) is 1. The van der Waals surface area contributed by atoms with Gasteiger partial charge in [-0.3, -0.25) is 9.48 Å². The third-order valence-electron chi connectivity index (χ3n) is 6.34. The van der Waals surface area contributed by atoms with Crippen LogP contribution in [0.5, 0.6) is 0 Å². The van der Waals surface area contributed by atoms with Crippen molar-refractivity contribution < 1.29 is 32.2 Å². The maximum absolute atomic E-state index is 13.7. The van der Waals surface area contributed by atoms with E-state index in [9.17, 15) is 22.8 Å². The van der Waals surface area contributed by atoms with Crippen molar-refractivity contribution in [2.75, 3.05) is 25.5 Å². The number of piperidine rings is 1. The van der Waals surface area contributed by atoms with E-state index in [0.29, 0.717) is 48.9 Å². The van der Waals surface area contributed by atoms with Crippen LogP contribution in [0.15, 0.2) is 42.9 Å². The molecule has 0 saturated carbocycles. The van der Waals surface area contributed by atoms with Gasteiger partial charge in [0.15, 0.2) is 0 Å². The number of esters is 1. The van der Waals surface area contributed by atoms with Gasteiger partial charge in [0.2, 0.25) is 5.95 Å². The molecule has 10 nitrogen and oxygen atoms in total. The maximum Gasteiger partial charge on any atom is 0.420 e. The molecule has 0 atom stereocenters. The number of alkyl halides is 3. The van der Waals surface area contributed by atoms with Crippen LogP contribution in [-0.4, -0.2) is 62.5 Å². The molecule has 1 fully saturated rings. The lowest BCUT2D eigenvalue weighted by Gasteiger charge is -2.33. The Hall–Kier alpha value is -4.60. The van der Waals surface area contributed by atoms with Gasteiger partial charge in [0.25, 0.3) is 0 Å². The monoisotopic (exact) mass is 584 g/mol. The van der Waals surface area contributed by atoms with E-state index in [1.807, 2.05) is 20.8 Å². The third kappa shape index (κ3) is 7.99. The molecule has 1 amide bonds. The van der Waals surface area contributed by atoms with Gasteiger partial charge in [0, 0.05) is 31.0 Å². The van der Waals surface area contributed by atoms with Crippen molar-refractivity contribution in [3.63, 3.8) is 0 Å². The van der Waals surface area contributed by atoms with Gasteiger partial charge in [-0.2, -0.15) is 18.3 Å². The average Bonchev–Trinajstić information content (AvgIpc) is 3.39. The van der Waals surface area contributed by atoms with Crippen molar-refractivity contribution in [1.29, 1.82) is 0 Å². The number of amides is 1. The van der Waals surface area contributed by atoms with E-state index >= 15 is 0 Å². The van der Waals surface area contributed by atoms with Crippen molar-refractivity contribution in [1.82, 2.24) is 24.6 Å². The zero-order chi connectivity index (χ0) is 30.5. The SMILES string of the molecule is COC(=O)Cc1ccccc1C#Cc1nc(Nc2cnn(C3CCN(C(=O)OC(C)(C)C)CC3)c2)ncc1C(F)(F)F. The summed E-state index contributed by atoms with van der Waals surface area (Å²) in [6.07, 6.45) is 0.0772. The highest BCUT2D eigenvalue weighted by Crippen LogP contribution is 2.31. The number of hydrogen-bond acceptors (Lipinski definition) is 8. The summed E-state index contributed by atoms with van der Waals surface area (Å²) >= 11 is 0. The van der Waals surface area contributed by atoms with E-state index in [1.165, 1.54) is 13.3 Å². The first-order valence-electron chi connectivity index (χ1n) is 13.2. The standard InChI is InChI=1S/C29H31F3N6O4/c1-28(2,3)42-27(40)37-13-11-22(12-14-37)38-18-21(16-34-38)35-26-33-17-23(29(30,31)32)24(36-26)10-9-19-7-5-6-8-20(19)15-25(39)41-4/h5-8,16-18,22H,11-15H2,1-4H3,(H,33,35,36). The molecule has 1 aliphatic heterocycles. The van der Waals surface area contributed by atoms with Crippen LogP contribution < -0.4 is 5.32 Å². The second-order valence-corrected chi connectivity index (χ2v) is 10.6. The van der Waals surface area contributed by atoms with Crippen LogP contribution in [0.4, 0.5) is 29.6 Å². The summed E-state index contributed by atoms with van der Waals surface area (Å²) in [6, 6.07) is 6.64. The van der Waals surface area contributed by atoms with Gasteiger partial charge >= 0.3 is 18.2 Å². The highest BCUT2D eigenvalue weighted by Gasteiger charge is 2.35. The average molecular weight is 585 g/mol. The summed E-state index contributed by atoms with van der Waals surface area (Å²) in [5.41, 5.74) is -0.803. The fourth-order valence-electron chi connectivity index (χ4n) is 4.27. The molecule has 1 aliphatic rings. The zero-order valence-corrected chi connectivity index (χ0v) is 23.7. The van der Waals surface area contributed by atoms with Crippen LogP contribution in [0.25, 0.3) is 0 Å². The third-order valence-corrected chi connectivity index (χ3v) is 6.34. The molecule has 4 rings (SSSR count). The van der Waals surface area contributed by atoms with Crippen molar-refractivity contribution >= 4 is 23.7 Å². The molecule has 1 aromatic carbocycles. The van der Waals surface area contributed by atoms with Crippen molar-refractivity contribution in [3.05, 3.63) is 65.2 Å². The number of rotatable bonds is 5. The summed E-state index contributed by atoms with van der Waals surface area (Å²) in [6.45, 7) is 6.47. The summed E-state index contributed by atoms with van der Waals surface area (Å²) in [4.78, 5) is 33.6. The van der Waals surface area contributed by atoms with Gasteiger partial charge in [-0.1, -0.05) is 24.1 Å². The fraction of sp³-hybridized carbons (Fsp3) is 0.414. The summed E-state index contributed by atoms with van der Waals surface area (Å²) in [7, 11) is 1.25. The molecule has 222 valence electrons. The number of nitrogens with one attached hydrogen (secondary N) is 1. The summed E-state index contributed by atoms with van der Waals surface area (Å²) in [5.74, 6) is 4.62. The molecule has 1 N–H and O–H groups in total. The normalized spacial score (nSPS) is 14.1. The Morgan fingerprint density at radius 2 is 1.81 bits per heavy atom. The number of benzene rings is 1. The smallest absolute Gasteiger partial charge is 0.420 e. The molecule has 3 heterocycles. The molecule has 1 saturated heterocycles. The number of carbonyl (C=O) groups is 2. The van der Waals surface area contributed by atoms with Gasteiger partial charge in [0.05, 0.1) is 31.5 Å². The van der Waals surface area contributed by atoms with Crippen LogP contribution in [0.1, 0.15) is 62.0 Å². The lowest BCUT2D eigenvalue weighted by Crippen LogP contribution is -2.42. The lowest BCUT2D eigenvalue weighted by molar-refractivity contribution is -0.140. The van der Waals surface area contributed by atoms with E-state index in [2.05, 4.69) is 37.0 Å². The molecule has 42 heavy (non-hydrogen) atoms. The van der Waals surface area contributed by atoms with Crippen LogP contribution in [0.2, 0.25) is 0 Å². The zero-order valence-electron chi connectivity index (χ0n) is 23.7. The minimum absolute atomic E-state index is 0.0271. The Labute approximate surface area is 241 Å². The van der Waals surface area contributed by atoms with Crippen LogP contribution >= 0.6 is 0 Å². The van der Waals surface area contributed by atoms with Gasteiger partial charge in [-0.05, 0) is 51.2 Å². The van der Waals surface area contributed by atoms with Gasteiger partial charge in [-0.15, -0.1) is 0 Å². The van der Waals surface area contributed by atoms with Gasteiger partial charge in [-0.25, -0.2) is 14.8 Å². The van der Waals surface area contributed by atoms with Crippen LogP contribution in [0, 0.1) is 11.8 Å². The second-order valence-electron chi connectivity index (χ2n) is 10.6. The minimum Gasteiger partial charge on any atom is -0.469 e. The van der Waals surface area contributed by atoms with Crippen LogP contribution in [0.3, 0.4) is 0 Å². The van der Waals surface area contributed by atoms with Crippen molar-refractivity contribution in [2.45, 2.75) is 57.9 Å². The molecule has 3 aromatic rings. The Morgan fingerprint density at radius 1 is 1.10 bits per heavy atom. The fourth-order valence-corrected chi connectivity index (χ4v) is 4.27. The van der Waals surface area contributed by atoms with Crippen LogP contribution in [-0.2, 0) is 26.9 Å². The number of nitrogens with zero attached hydrogens (tertiary/aromatic N) is 5. The van der Waals surface area contributed by atoms with Gasteiger partial charge < -0.3 is 19.7 Å². The van der Waals surface area contributed by atoms with E-state index in [-0.39, 0.29) is 24.5 Å². The molecule has 2 aromatic heterocycles. The molecular formula is C29H31F3N6O4. The minimum atomic E-state index is -4.73. The number of hydrogen-bond donors (Lipinski definition) is 1. The Bertz CT molecular complexity index is 1500. The Morgan fingerprint density at radius 3 is 2.48 bits per heavy atom. The molecule has 0 radical (unpaired) electrons. The van der Waals surface area contributed by atoms with E-state index in [4.69, 9.17) is 4.74 Å². The molecule has 0 bridgehead atoms. The molecule has 13 heteroatoms. The van der Waals surface area contributed by atoms with E-state index in [0.717, 1.165) is 0 Å². The van der Waals surface area contributed by atoms with E-state index in [1.54, 1.807) is 40.0 Å². The maximum atomic E-state index is 13.7. The quantitative estimate of drug-likeness (QED) is 0.325. The van der Waals surface area contributed by atoms with Gasteiger partial charge in [0.1, 0.15) is 16.9 Å². The summed E-state index contributed by atoms with van der Waals surface area (Å²) < 4.78 is 53.0. The first kappa shape index (κ1) is 30.4. The number of aromatic nitrogens is 4. The highest BCUT2D eigenvalue weighted by atomic mass is 19.4. The van der Waals surface area contributed by atoms with Crippen molar-refractivity contribution in [3.8, 4) is 11.8 Å².